The smallest absolute Gasteiger partial charge is 0.126 e. The fourth-order valence-electron chi connectivity index (χ4n) is 0.796. The molecule has 0 fully saturated rings. The summed E-state index contributed by atoms with van der Waals surface area (Å²) < 4.78 is 0. The molecule has 0 saturated heterocycles. The predicted molar refractivity (Wildman–Crippen MR) is 53.7 cm³/mol. The lowest BCUT2D eigenvalue weighted by Crippen LogP contribution is -1.85. The van der Waals surface area contributed by atoms with Crippen LogP contribution in [-0.2, 0) is 0 Å². The summed E-state index contributed by atoms with van der Waals surface area (Å²) in [5, 5.41) is 9.67. The van der Waals surface area contributed by atoms with Gasteiger partial charge in [-0.3, -0.25) is 0 Å². The van der Waals surface area contributed by atoms with Crippen LogP contribution in [-0.4, -0.2) is 0 Å². The summed E-state index contributed by atoms with van der Waals surface area (Å²) in [6, 6.07) is 7.07. The topological polar surface area (TPSA) is 23.8 Å². The van der Waals surface area contributed by atoms with Gasteiger partial charge < -0.3 is 0 Å². The van der Waals surface area contributed by atoms with Crippen molar-refractivity contribution in [3.8, 4) is 6.07 Å². The Morgan fingerprint density at radius 1 is 1.25 bits per heavy atom. The van der Waals surface area contributed by atoms with Gasteiger partial charge in [0.25, 0.3) is 0 Å². The van der Waals surface area contributed by atoms with Crippen LogP contribution in [0.2, 0.25) is 10.0 Å². The van der Waals surface area contributed by atoms with Crippen molar-refractivity contribution in [2.24, 2.45) is 0 Å². The third-order valence-electron chi connectivity index (χ3n) is 1.29. The Morgan fingerprint density at radius 2 is 1.75 bits per heavy atom. The number of hydrogen-bond acceptors (Lipinski definition) is 1. The van der Waals surface area contributed by atoms with Crippen molar-refractivity contribution in [1.29, 1.82) is 5.26 Å². The molecule has 0 heterocycles. The molecule has 0 N–H and O–H groups in total. The molecule has 0 saturated carbocycles. The number of benzene rings is 1. The highest BCUT2D eigenvalue weighted by molar-refractivity contribution is 9.09. The van der Waals surface area contributed by atoms with Gasteiger partial charge in [0, 0.05) is 10.0 Å². The number of nitrogens with zero attached hydrogens (tertiary/aromatic N) is 1. The lowest BCUT2D eigenvalue weighted by molar-refractivity contribution is 1.25. The number of rotatable bonds is 1. The Morgan fingerprint density at radius 3 is 2.17 bits per heavy atom. The highest BCUT2D eigenvalue weighted by Crippen LogP contribution is 2.27. The molecule has 12 heavy (non-hydrogen) atoms. The van der Waals surface area contributed by atoms with E-state index in [4.69, 9.17) is 28.5 Å². The molecule has 1 aromatic rings. The molecular formula is C8H4BrCl2N. The van der Waals surface area contributed by atoms with Gasteiger partial charge in [-0.25, -0.2) is 0 Å². The van der Waals surface area contributed by atoms with Gasteiger partial charge in [-0.2, -0.15) is 5.26 Å². The van der Waals surface area contributed by atoms with Crippen molar-refractivity contribution in [3.63, 3.8) is 0 Å². The summed E-state index contributed by atoms with van der Waals surface area (Å²) in [7, 11) is 0. The zero-order valence-electron chi connectivity index (χ0n) is 5.89. The van der Waals surface area contributed by atoms with Crippen LogP contribution >= 0.6 is 39.1 Å². The second-order valence-electron chi connectivity index (χ2n) is 2.19. The fraction of sp³-hybridized carbons (Fsp3) is 0.125. The van der Waals surface area contributed by atoms with E-state index in [0.717, 1.165) is 5.56 Å². The van der Waals surface area contributed by atoms with E-state index in [1.165, 1.54) is 0 Å². The predicted octanol–water partition coefficient (Wildman–Crippen LogP) is 3.95. The molecule has 4 heteroatoms. The molecule has 1 nitrogen and oxygen atoms in total. The molecule has 0 spiro atoms. The lowest BCUT2D eigenvalue weighted by atomic mass is 10.2. The SMILES string of the molecule is N#CC(Br)c1cc(Cl)cc(Cl)c1. The summed E-state index contributed by atoms with van der Waals surface area (Å²) in [5.41, 5.74) is 0.773. The number of halogens is 3. The molecule has 0 aliphatic rings. The standard InChI is InChI=1S/C8H4BrCl2N/c9-8(4-12)5-1-6(10)3-7(11)2-5/h1-3,8H. The highest BCUT2D eigenvalue weighted by atomic mass is 79.9. The Hall–Kier alpha value is -0.230. The summed E-state index contributed by atoms with van der Waals surface area (Å²) >= 11 is 14.6. The Kier molecular flexibility index (Phi) is 3.39. The van der Waals surface area contributed by atoms with Gasteiger partial charge in [0.2, 0.25) is 0 Å². The van der Waals surface area contributed by atoms with E-state index in [2.05, 4.69) is 15.9 Å². The van der Waals surface area contributed by atoms with E-state index >= 15 is 0 Å². The third-order valence-corrected chi connectivity index (χ3v) is 2.46. The second kappa shape index (κ2) is 4.13. The van der Waals surface area contributed by atoms with Crippen LogP contribution in [0.3, 0.4) is 0 Å². The summed E-state index contributed by atoms with van der Waals surface area (Å²) in [6.45, 7) is 0. The normalized spacial score (nSPS) is 12.2. The van der Waals surface area contributed by atoms with Crippen molar-refractivity contribution in [2.45, 2.75) is 4.83 Å². The van der Waals surface area contributed by atoms with Gasteiger partial charge in [0.15, 0.2) is 0 Å². The van der Waals surface area contributed by atoms with Crippen LogP contribution in [0.1, 0.15) is 10.4 Å². The van der Waals surface area contributed by atoms with E-state index in [9.17, 15) is 0 Å². The monoisotopic (exact) mass is 263 g/mol. The highest BCUT2D eigenvalue weighted by Gasteiger charge is 2.06. The largest absolute Gasteiger partial charge is 0.197 e. The van der Waals surface area contributed by atoms with E-state index in [1.54, 1.807) is 18.2 Å². The molecule has 62 valence electrons. The van der Waals surface area contributed by atoms with E-state index < -0.39 is 0 Å². The van der Waals surface area contributed by atoms with Crippen LogP contribution in [0, 0.1) is 11.3 Å². The van der Waals surface area contributed by atoms with Crippen LogP contribution in [0.5, 0.6) is 0 Å². The van der Waals surface area contributed by atoms with Crippen molar-refractivity contribution in [1.82, 2.24) is 0 Å². The van der Waals surface area contributed by atoms with Crippen LogP contribution in [0.25, 0.3) is 0 Å². The first-order chi connectivity index (χ1) is 5.63. The van der Waals surface area contributed by atoms with Crippen molar-refractivity contribution < 1.29 is 0 Å². The average molecular weight is 265 g/mol. The summed E-state index contributed by atoms with van der Waals surface area (Å²) in [4.78, 5) is -0.353. The Labute approximate surface area is 89.0 Å². The second-order valence-corrected chi connectivity index (χ2v) is 3.98. The molecule has 0 amide bonds. The zero-order valence-corrected chi connectivity index (χ0v) is 8.99. The lowest BCUT2D eigenvalue weighted by Gasteiger charge is -2.02. The molecule has 0 radical (unpaired) electrons. The first-order valence-corrected chi connectivity index (χ1v) is 4.80. The zero-order chi connectivity index (χ0) is 9.14. The minimum absolute atomic E-state index is 0.353. The maximum Gasteiger partial charge on any atom is 0.126 e. The van der Waals surface area contributed by atoms with Crippen LogP contribution in [0.15, 0.2) is 18.2 Å². The molecule has 1 rings (SSSR count). The first-order valence-electron chi connectivity index (χ1n) is 3.13. The van der Waals surface area contributed by atoms with Gasteiger partial charge in [-0.15, -0.1) is 0 Å². The molecule has 1 atom stereocenters. The Balaban J connectivity index is 3.10. The average Bonchev–Trinajstić information content (AvgIpc) is 2.01. The first kappa shape index (κ1) is 9.85. The maximum atomic E-state index is 8.59. The van der Waals surface area contributed by atoms with Crippen LogP contribution in [0.4, 0.5) is 0 Å². The van der Waals surface area contributed by atoms with E-state index in [1.807, 2.05) is 6.07 Å². The number of hydrogen-bond donors (Lipinski definition) is 0. The number of alkyl halides is 1. The van der Waals surface area contributed by atoms with Crippen LogP contribution < -0.4 is 0 Å². The van der Waals surface area contributed by atoms with Gasteiger partial charge in [-0.05, 0) is 23.8 Å². The minimum atomic E-state index is -0.353. The third kappa shape index (κ3) is 2.38. The quantitative estimate of drug-likeness (QED) is 0.705. The van der Waals surface area contributed by atoms with Gasteiger partial charge >= 0.3 is 0 Å². The van der Waals surface area contributed by atoms with E-state index in [0.29, 0.717) is 10.0 Å². The molecule has 1 unspecified atom stereocenters. The summed E-state index contributed by atoms with van der Waals surface area (Å²) in [5.74, 6) is 0. The Bertz CT molecular complexity index is 312. The van der Waals surface area contributed by atoms with Crippen molar-refractivity contribution in [3.05, 3.63) is 33.8 Å². The molecule has 0 aliphatic carbocycles. The van der Waals surface area contributed by atoms with E-state index in [-0.39, 0.29) is 4.83 Å². The minimum Gasteiger partial charge on any atom is -0.197 e. The molecule has 0 aliphatic heterocycles. The molecular weight excluding hydrogens is 261 g/mol. The summed E-state index contributed by atoms with van der Waals surface area (Å²) in [6.07, 6.45) is 0. The van der Waals surface area contributed by atoms with Gasteiger partial charge in [-0.1, -0.05) is 39.1 Å². The maximum absolute atomic E-state index is 8.59. The molecule has 0 bridgehead atoms. The van der Waals surface area contributed by atoms with Crippen molar-refractivity contribution in [2.75, 3.05) is 0 Å². The number of nitriles is 1. The molecule has 0 aromatic heterocycles. The molecule has 1 aromatic carbocycles. The van der Waals surface area contributed by atoms with Crippen molar-refractivity contribution >= 4 is 39.1 Å². The van der Waals surface area contributed by atoms with Gasteiger partial charge in [0.05, 0.1) is 6.07 Å². The van der Waals surface area contributed by atoms with Gasteiger partial charge in [0.1, 0.15) is 4.83 Å². The fourth-order valence-corrected chi connectivity index (χ4v) is 1.60.